The molecule has 7 heteroatoms. The van der Waals surface area contributed by atoms with Crippen LogP contribution < -0.4 is 11.1 Å². The van der Waals surface area contributed by atoms with Gasteiger partial charge in [0.15, 0.2) is 0 Å². The predicted octanol–water partition coefficient (Wildman–Crippen LogP) is 0.537. The number of primary amides is 1. The summed E-state index contributed by atoms with van der Waals surface area (Å²) in [5, 5.41) is 11.3. The maximum atomic E-state index is 12.0. The molecule has 0 aromatic heterocycles. The van der Waals surface area contributed by atoms with E-state index in [1.807, 2.05) is 6.92 Å². The first-order chi connectivity index (χ1) is 8.68. The number of nitrogens with two attached hydrogens (primary N) is 1. The SMILES string of the molecule is CCCCN(CC(N)=O)C(=O)NC(C)(C)CC(=O)O. The van der Waals surface area contributed by atoms with Gasteiger partial charge < -0.3 is 21.1 Å². The van der Waals surface area contributed by atoms with E-state index < -0.39 is 23.4 Å². The van der Waals surface area contributed by atoms with Gasteiger partial charge in [0.05, 0.1) is 6.42 Å². The van der Waals surface area contributed by atoms with Crippen molar-refractivity contribution < 1.29 is 19.5 Å². The molecular weight excluding hydrogens is 250 g/mol. The molecule has 0 aliphatic rings. The largest absolute Gasteiger partial charge is 0.481 e. The fraction of sp³-hybridized carbons (Fsp3) is 0.750. The first-order valence-electron chi connectivity index (χ1n) is 6.25. The highest BCUT2D eigenvalue weighted by atomic mass is 16.4. The van der Waals surface area contributed by atoms with Crippen LogP contribution >= 0.6 is 0 Å². The smallest absolute Gasteiger partial charge is 0.318 e. The minimum atomic E-state index is -1.000. The zero-order valence-corrected chi connectivity index (χ0v) is 11.7. The molecule has 4 N–H and O–H groups in total. The van der Waals surface area contributed by atoms with Crippen molar-refractivity contribution in [2.24, 2.45) is 5.73 Å². The van der Waals surface area contributed by atoms with E-state index in [0.717, 1.165) is 12.8 Å². The van der Waals surface area contributed by atoms with E-state index in [1.54, 1.807) is 13.8 Å². The molecule has 110 valence electrons. The topological polar surface area (TPSA) is 113 Å². The number of carboxylic acids is 1. The van der Waals surface area contributed by atoms with Crippen LogP contribution in [0.4, 0.5) is 4.79 Å². The van der Waals surface area contributed by atoms with Gasteiger partial charge in [-0.1, -0.05) is 13.3 Å². The maximum absolute atomic E-state index is 12.0. The van der Waals surface area contributed by atoms with E-state index in [2.05, 4.69) is 5.32 Å². The molecule has 0 atom stereocenters. The van der Waals surface area contributed by atoms with Crippen LogP contribution in [-0.4, -0.2) is 46.5 Å². The van der Waals surface area contributed by atoms with E-state index in [9.17, 15) is 14.4 Å². The van der Waals surface area contributed by atoms with Crippen molar-refractivity contribution in [1.82, 2.24) is 10.2 Å². The van der Waals surface area contributed by atoms with Gasteiger partial charge in [-0.2, -0.15) is 0 Å². The summed E-state index contributed by atoms with van der Waals surface area (Å²) in [5.74, 6) is -1.59. The lowest BCUT2D eigenvalue weighted by atomic mass is 10.0. The van der Waals surface area contributed by atoms with Crippen molar-refractivity contribution in [3.63, 3.8) is 0 Å². The number of carboxylic acid groups (broad SMARTS) is 1. The molecule has 0 heterocycles. The molecule has 0 saturated heterocycles. The van der Waals surface area contributed by atoms with Crippen LogP contribution in [0.1, 0.15) is 40.0 Å². The predicted molar refractivity (Wildman–Crippen MR) is 70.5 cm³/mol. The Bertz CT molecular complexity index is 342. The number of nitrogens with one attached hydrogen (secondary N) is 1. The van der Waals surface area contributed by atoms with Crippen molar-refractivity contribution in [2.75, 3.05) is 13.1 Å². The minimum absolute atomic E-state index is 0.172. The van der Waals surface area contributed by atoms with Crippen LogP contribution in [0.3, 0.4) is 0 Å². The molecule has 0 radical (unpaired) electrons. The maximum Gasteiger partial charge on any atom is 0.318 e. The highest BCUT2D eigenvalue weighted by Gasteiger charge is 2.26. The number of hydrogen-bond donors (Lipinski definition) is 3. The lowest BCUT2D eigenvalue weighted by molar-refractivity contribution is -0.138. The molecule has 0 unspecified atom stereocenters. The summed E-state index contributed by atoms with van der Waals surface area (Å²) in [6.45, 7) is 5.43. The number of aliphatic carboxylic acids is 1. The summed E-state index contributed by atoms with van der Waals surface area (Å²) in [6, 6.07) is -0.474. The highest BCUT2D eigenvalue weighted by molar-refractivity contribution is 5.83. The number of carbonyl (C=O) groups is 3. The second-order valence-corrected chi connectivity index (χ2v) is 5.13. The summed E-state index contributed by atoms with van der Waals surface area (Å²) < 4.78 is 0. The number of unbranched alkanes of at least 4 members (excludes halogenated alkanes) is 1. The quantitative estimate of drug-likeness (QED) is 0.599. The van der Waals surface area contributed by atoms with E-state index in [4.69, 9.17) is 10.8 Å². The Morgan fingerprint density at radius 2 is 1.89 bits per heavy atom. The fourth-order valence-corrected chi connectivity index (χ4v) is 1.58. The minimum Gasteiger partial charge on any atom is -0.481 e. The molecule has 0 aliphatic heterocycles. The van der Waals surface area contributed by atoms with Gasteiger partial charge in [0.25, 0.3) is 0 Å². The Morgan fingerprint density at radius 3 is 2.32 bits per heavy atom. The molecule has 19 heavy (non-hydrogen) atoms. The number of nitrogens with zero attached hydrogens (tertiary/aromatic N) is 1. The molecule has 0 saturated carbocycles. The number of amides is 3. The molecule has 7 nitrogen and oxygen atoms in total. The van der Waals surface area contributed by atoms with Gasteiger partial charge >= 0.3 is 12.0 Å². The van der Waals surface area contributed by atoms with Gasteiger partial charge in [0.1, 0.15) is 6.54 Å². The fourth-order valence-electron chi connectivity index (χ4n) is 1.58. The molecule has 0 fully saturated rings. The highest BCUT2D eigenvalue weighted by Crippen LogP contribution is 2.09. The molecule has 0 rings (SSSR count). The monoisotopic (exact) mass is 273 g/mol. The summed E-state index contributed by atoms with van der Waals surface area (Å²) in [6.07, 6.45) is 1.43. The second kappa shape index (κ2) is 7.60. The summed E-state index contributed by atoms with van der Waals surface area (Å²) in [7, 11) is 0. The third-order valence-corrected chi connectivity index (χ3v) is 2.45. The Hall–Kier alpha value is -1.79. The number of carbonyl (C=O) groups excluding carboxylic acids is 2. The van der Waals surface area contributed by atoms with Gasteiger partial charge in [-0.3, -0.25) is 9.59 Å². The van der Waals surface area contributed by atoms with Crippen molar-refractivity contribution >= 4 is 17.9 Å². The van der Waals surface area contributed by atoms with Crippen molar-refractivity contribution in [2.45, 2.75) is 45.6 Å². The van der Waals surface area contributed by atoms with Gasteiger partial charge in [0.2, 0.25) is 5.91 Å². The van der Waals surface area contributed by atoms with Crippen molar-refractivity contribution in [1.29, 1.82) is 0 Å². The Kier molecular flexibility index (Phi) is 6.89. The van der Waals surface area contributed by atoms with Gasteiger partial charge in [-0.25, -0.2) is 4.79 Å². The second-order valence-electron chi connectivity index (χ2n) is 5.13. The normalized spacial score (nSPS) is 10.9. The molecular formula is C12H23N3O4. The van der Waals surface area contributed by atoms with Crippen molar-refractivity contribution in [3.8, 4) is 0 Å². The van der Waals surface area contributed by atoms with E-state index in [-0.39, 0.29) is 13.0 Å². The molecule has 0 spiro atoms. The van der Waals surface area contributed by atoms with Crippen LogP contribution in [0.2, 0.25) is 0 Å². The summed E-state index contributed by atoms with van der Waals surface area (Å²) >= 11 is 0. The average molecular weight is 273 g/mol. The first-order valence-corrected chi connectivity index (χ1v) is 6.25. The lowest BCUT2D eigenvalue weighted by Crippen LogP contribution is -2.52. The number of hydrogen-bond acceptors (Lipinski definition) is 3. The standard InChI is InChI=1S/C12H23N3O4/c1-4-5-6-15(8-9(13)16)11(19)14-12(2,3)7-10(17)18/h4-8H2,1-3H3,(H2,13,16)(H,14,19)(H,17,18). The summed E-state index contributed by atoms with van der Waals surface area (Å²) in [4.78, 5) is 34.9. The Balaban J connectivity index is 4.61. The first kappa shape index (κ1) is 17.2. The number of rotatable bonds is 8. The van der Waals surface area contributed by atoms with Crippen LogP contribution in [0.25, 0.3) is 0 Å². The van der Waals surface area contributed by atoms with Gasteiger partial charge in [-0.15, -0.1) is 0 Å². The Labute approximate surface area is 113 Å². The van der Waals surface area contributed by atoms with Gasteiger partial charge in [-0.05, 0) is 20.3 Å². The van der Waals surface area contributed by atoms with Crippen LogP contribution in [0.15, 0.2) is 0 Å². The van der Waals surface area contributed by atoms with Crippen LogP contribution in [0.5, 0.6) is 0 Å². The zero-order valence-electron chi connectivity index (χ0n) is 11.7. The summed E-state index contributed by atoms with van der Waals surface area (Å²) in [5.41, 5.74) is 4.21. The molecule has 0 bridgehead atoms. The zero-order chi connectivity index (χ0) is 15.1. The third-order valence-electron chi connectivity index (χ3n) is 2.45. The molecule has 0 aromatic carbocycles. The van der Waals surface area contributed by atoms with Crippen molar-refractivity contribution in [3.05, 3.63) is 0 Å². The van der Waals surface area contributed by atoms with E-state index >= 15 is 0 Å². The van der Waals surface area contributed by atoms with E-state index in [1.165, 1.54) is 4.90 Å². The molecule has 0 aromatic rings. The molecule has 0 aliphatic carbocycles. The van der Waals surface area contributed by atoms with E-state index in [0.29, 0.717) is 6.54 Å². The number of urea groups is 1. The van der Waals surface area contributed by atoms with Gasteiger partial charge in [0, 0.05) is 12.1 Å². The van der Waals surface area contributed by atoms with Crippen LogP contribution in [0, 0.1) is 0 Å². The average Bonchev–Trinajstić information content (AvgIpc) is 2.20. The lowest BCUT2D eigenvalue weighted by Gasteiger charge is -2.29. The third kappa shape index (κ3) is 8.01. The van der Waals surface area contributed by atoms with Crippen LogP contribution in [-0.2, 0) is 9.59 Å². The Morgan fingerprint density at radius 1 is 1.32 bits per heavy atom. The molecule has 3 amide bonds.